The third kappa shape index (κ3) is 2.90. The van der Waals surface area contributed by atoms with Gasteiger partial charge in [0.2, 0.25) is 0 Å². The number of ether oxygens (including phenoxy) is 2. The summed E-state index contributed by atoms with van der Waals surface area (Å²) in [7, 11) is 5.21. The standard InChI is InChI=1S/C15H19NO3/c1-10-5-12(9-19-10)15(16-2)11-6-13(17-3)8-14(7-11)18-4/h5-9,15-16H,1-4H3. The van der Waals surface area contributed by atoms with E-state index in [2.05, 4.69) is 5.32 Å². The Morgan fingerprint density at radius 3 is 2.05 bits per heavy atom. The fourth-order valence-corrected chi connectivity index (χ4v) is 2.14. The van der Waals surface area contributed by atoms with E-state index < -0.39 is 0 Å². The zero-order valence-corrected chi connectivity index (χ0v) is 11.7. The normalized spacial score (nSPS) is 12.2. The summed E-state index contributed by atoms with van der Waals surface area (Å²) in [5, 5.41) is 3.28. The molecule has 0 spiro atoms. The van der Waals surface area contributed by atoms with Crippen molar-refractivity contribution in [1.82, 2.24) is 5.32 Å². The lowest BCUT2D eigenvalue weighted by Gasteiger charge is -2.17. The quantitative estimate of drug-likeness (QED) is 0.898. The molecule has 4 heteroatoms. The third-order valence-corrected chi connectivity index (χ3v) is 3.08. The molecule has 1 N–H and O–H groups in total. The van der Waals surface area contributed by atoms with Gasteiger partial charge in [-0.1, -0.05) is 0 Å². The molecule has 0 amide bonds. The van der Waals surface area contributed by atoms with Crippen molar-refractivity contribution in [3.05, 3.63) is 47.4 Å². The summed E-state index contributed by atoms with van der Waals surface area (Å²) in [4.78, 5) is 0. The SMILES string of the molecule is CNC(c1cc(OC)cc(OC)c1)c1coc(C)c1. The lowest BCUT2D eigenvalue weighted by molar-refractivity contribution is 0.392. The second kappa shape index (κ2) is 5.80. The van der Waals surface area contributed by atoms with Crippen LogP contribution >= 0.6 is 0 Å². The Labute approximate surface area is 113 Å². The molecule has 19 heavy (non-hydrogen) atoms. The maximum atomic E-state index is 5.38. The molecule has 2 aromatic rings. The van der Waals surface area contributed by atoms with Crippen LogP contribution in [0.3, 0.4) is 0 Å². The van der Waals surface area contributed by atoms with Crippen molar-refractivity contribution in [3.63, 3.8) is 0 Å². The van der Waals surface area contributed by atoms with Gasteiger partial charge in [0, 0.05) is 11.6 Å². The van der Waals surface area contributed by atoms with E-state index in [-0.39, 0.29) is 6.04 Å². The first-order valence-corrected chi connectivity index (χ1v) is 6.13. The molecular formula is C15H19NO3. The molecule has 0 fully saturated rings. The summed E-state index contributed by atoms with van der Waals surface area (Å²) in [5.74, 6) is 2.44. The first-order chi connectivity index (χ1) is 9.17. The van der Waals surface area contributed by atoms with Crippen LogP contribution in [0.25, 0.3) is 0 Å². The maximum Gasteiger partial charge on any atom is 0.122 e. The maximum absolute atomic E-state index is 5.38. The van der Waals surface area contributed by atoms with Crippen LogP contribution in [0.4, 0.5) is 0 Å². The molecule has 2 rings (SSSR count). The van der Waals surface area contributed by atoms with Crippen molar-refractivity contribution in [2.24, 2.45) is 0 Å². The topological polar surface area (TPSA) is 43.6 Å². The molecule has 1 aromatic carbocycles. The second-order valence-corrected chi connectivity index (χ2v) is 4.36. The van der Waals surface area contributed by atoms with E-state index in [1.54, 1.807) is 20.5 Å². The lowest BCUT2D eigenvalue weighted by atomic mass is 10.0. The van der Waals surface area contributed by atoms with Crippen molar-refractivity contribution < 1.29 is 13.9 Å². The Hall–Kier alpha value is -1.94. The molecule has 0 radical (unpaired) electrons. The van der Waals surface area contributed by atoms with Crippen molar-refractivity contribution in [2.45, 2.75) is 13.0 Å². The molecule has 0 aliphatic carbocycles. The summed E-state index contributed by atoms with van der Waals surface area (Å²) >= 11 is 0. The monoisotopic (exact) mass is 261 g/mol. The van der Waals surface area contributed by atoms with Crippen LogP contribution in [0.1, 0.15) is 22.9 Å². The fourth-order valence-electron chi connectivity index (χ4n) is 2.14. The van der Waals surface area contributed by atoms with Gasteiger partial charge in [-0.2, -0.15) is 0 Å². The Kier molecular flexibility index (Phi) is 4.12. The van der Waals surface area contributed by atoms with Gasteiger partial charge in [-0.25, -0.2) is 0 Å². The largest absolute Gasteiger partial charge is 0.497 e. The molecule has 0 bridgehead atoms. The zero-order chi connectivity index (χ0) is 13.8. The average molecular weight is 261 g/mol. The predicted molar refractivity (Wildman–Crippen MR) is 73.9 cm³/mol. The van der Waals surface area contributed by atoms with Gasteiger partial charge in [0.05, 0.1) is 26.5 Å². The fraction of sp³-hybridized carbons (Fsp3) is 0.333. The van der Waals surface area contributed by atoms with Crippen LogP contribution in [0.15, 0.2) is 34.9 Å². The second-order valence-electron chi connectivity index (χ2n) is 4.36. The molecule has 0 saturated carbocycles. The number of rotatable bonds is 5. The van der Waals surface area contributed by atoms with E-state index in [4.69, 9.17) is 13.9 Å². The minimum absolute atomic E-state index is 0.0430. The van der Waals surface area contributed by atoms with E-state index in [1.807, 2.05) is 38.2 Å². The van der Waals surface area contributed by atoms with Gasteiger partial charge in [0.25, 0.3) is 0 Å². The lowest BCUT2D eigenvalue weighted by Crippen LogP contribution is -2.17. The highest BCUT2D eigenvalue weighted by molar-refractivity contribution is 5.42. The van der Waals surface area contributed by atoms with E-state index in [0.717, 1.165) is 28.4 Å². The Morgan fingerprint density at radius 2 is 1.63 bits per heavy atom. The first kappa shape index (κ1) is 13.5. The average Bonchev–Trinajstić information content (AvgIpc) is 2.85. The van der Waals surface area contributed by atoms with E-state index in [0.29, 0.717) is 0 Å². The molecule has 1 atom stereocenters. The minimum atomic E-state index is 0.0430. The summed E-state index contributed by atoms with van der Waals surface area (Å²) < 4.78 is 16.0. The number of nitrogens with one attached hydrogen (secondary N) is 1. The highest BCUT2D eigenvalue weighted by atomic mass is 16.5. The van der Waals surface area contributed by atoms with Crippen molar-refractivity contribution in [3.8, 4) is 11.5 Å². The highest BCUT2D eigenvalue weighted by Crippen LogP contribution is 2.30. The number of hydrogen-bond acceptors (Lipinski definition) is 4. The van der Waals surface area contributed by atoms with Gasteiger partial charge in [-0.05, 0) is 37.7 Å². The molecule has 4 nitrogen and oxygen atoms in total. The van der Waals surface area contributed by atoms with E-state index in [1.165, 1.54) is 0 Å². The van der Waals surface area contributed by atoms with Gasteiger partial charge in [-0.15, -0.1) is 0 Å². The molecular weight excluding hydrogens is 242 g/mol. The van der Waals surface area contributed by atoms with Crippen LogP contribution in [-0.2, 0) is 0 Å². The Balaban J connectivity index is 2.42. The first-order valence-electron chi connectivity index (χ1n) is 6.13. The molecule has 0 aliphatic rings. The van der Waals surface area contributed by atoms with Crippen LogP contribution in [-0.4, -0.2) is 21.3 Å². The summed E-state index contributed by atoms with van der Waals surface area (Å²) in [6.45, 7) is 1.93. The van der Waals surface area contributed by atoms with Gasteiger partial charge >= 0.3 is 0 Å². The molecule has 1 heterocycles. The van der Waals surface area contributed by atoms with Crippen LogP contribution < -0.4 is 14.8 Å². The van der Waals surface area contributed by atoms with Gasteiger partial charge in [0.15, 0.2) is 0 Å². The van der Waals surface area contributed by atoms with Crippen LogP contribution in [0.5, 0.6) is 11.5 Å². The summed E-state index contributed by atoms with van der Waals surface area (Å²) in [5.41, 5.74) is 2.15. The van der Waals surface area contributed by atoms with Gasteiger partial charge < -0.3 is 19.2 Å². The third-order valence-electron chi connectivity index (χ3n) is 3.08. The summed E-state index contributed by atoms with van der Waals surface area (Å²) in [6.07, 6.45) is 1.77. The summed E-state index contributed by atoms with van der Waals surface area (Å²) in [6, 6.07) is 7.91. The van der Waals surface area contributed by atoms with E-state index >= 15 is 0 Å². The Bertz CT molecular complexity index is 526. The number of aryl methyl sites for hydroxylation is 1. The van der Waals surface area contributed by atoms with Crippen molar-refractivity contribution in [2.75, 3.05) is 21.3 Å². The smallest absolute Gasteiger partial charge is 0.122 e. The van der Waals surface area contributed by atoms with Gasteiger partial charge in [0.1, 0.15) is 17.3 Å². The van der Waals surface area contributed by atoms with E-state index in [9.17, 15) is 0 Å². The highest BCUT2D eigenvalue weighted by Gasteiger charge is 2.16. The molecule has 1 aromatic heterocycles. The zero-order valence-electron chi connectivity index (χ0n) is 11.7. The predicted octanol–water partition coefficient (Wildman–Crippen LogP) is 2.91. The molecule has 1 unspecified atom stereocenters. The van der Waals surface area contributed by atoms with Crippen molar-refractivity contribution in [1.29, 1.82) is 0 Å². The van der Waals surface area contributed by atoms with Crippen LogP contribution in [0.2, 0.25) is 0 Å². The molecule has 0 saturated heterocycles. The van der Waals surface area contributed by atoms with Gasteiger partial charge in [-0.3, -0.25) is 0 Å². The number of benzene rings is 1. The van der Waals surface area contributed by atoms with Crippen molar-refractivity contribution >= 4 is 0 Å². The number of hydrogen-bond donors (Lipinski definition) is 1. The number of methoxy groups -OCH3 is 2. The van der Waals surface area contributed by atoms with Crippen LogP contribution in [0, 0.1) is 6.92 Å². The number of furan rings is 1. The Morgan fingerprint density at radius 1 is 1.00 bits per heavy atom. The minimum Gasteiger partial charge on any atom is -0.497 e. The molecule has 0 aliphatic heterocycles. The molecule has 102 valence electrons.